The van der Waals surface area contributed by atoms with E-state index in [0.717, 1.165) is 24.9 Å². The third-order valence-corrected chi connectivity index (χ3v) is 5.31. The molecule has 0 radical (unpaired) electrons. The van der Waals surface area contributed by atoms with Crippen molar-refractivity contribution in [1.29, 1.82) is 0 Å². The van der Waals surface area contributed by atoms with E-state index >= 15 is 0 Å². The van der Waals surface area contributed by atoms with E-state index in [1.165, 1.54) is 23.4 Å². The van der Waals surface area contributed by atoms with E-state index in [2.05, 4.69) is 67.0 Å². The van der Waals surface area contributed by atoms with Crippen molar-refractivity contribution in [3.8, 4) is 0 Å². The highest BCUT2D eigenvalue weighted by atomic mass is 32.2. The fourth-order valence-electron chi connectivity index (χ4n) is 2.56. The fraction of sp³-hybridized carbons (Fsp3) is 0.625. The first-order valence-electron chi connectivity index (χ1n) is 7.35. The van der Waals surface area contributed by atoms with Gasteiger partial charge in [-0.05, 0) is 24.6 Å². The minimum Gasteiger partial charge on any atom is -0.313 e. The first-order chi connectivity index (χ1) is 9.20. The molecule has 2 atom stereocenters. The Balaban J connectivity index is 1.98. The average molecular weight is 278 g/mol. The van der Waals surface area contributed by atoms with Crippen LogP contribution in [0.5, 0.6) is 0 Å². The third-order valence-electron chi connectivity index (χ3n) is 3.97. The summed E-state index contributed by atoms with van der Waals surface area (Å²) in [5.74, 6) is 1.27. The van der Waals surface area contributed by atoms with Crippen LogP contribution in [-0.2, 0) is 13.1 Å². The van der Waals surface area contributed by atoms with E-state index in [1.54, 1.807) is 0 Å². The van der Waals surface area contributed by atoms with Crippen LogP contribution in [0.4, 0.5) is 0 Å². The summed E-state index contributed by atoms with van der Waals surface area (Å²) in [4.78, 5) is 2.62. The van der Waals surface area contributed by atoms with Gasteiger partial charge in [-0.25, -0.2) is 0 Å². The number of nitrogens with one attached hydrogen (secondary N) is 1. The van der Waals surface area contributed by atoms with Crippen LogP contribution < -0.4 is 5.32 Å². The van der Waals surface area contributed by atoms with Crippen LogP contribution in [0.15, 0.2) is 24.3 Å². The molecule has 0 spiro atoms. The van der Waals surface area contributed by atoms with Crippen LogP contribution in [0.1, 0.15) is 31.9 Å². The van der Waals surface area contributed by atoms with Gasteiger partial charge in [0.15, 0.2) is 0 Å². The van der Waals surface area contributed by atoms with Gasteiger partial charge in [-0.2, -0.15) is 11.8 Å². The second-order valence-corrected chi connectivity index (χ2v) is 6.87. The van der Waals surface area contributed by atoms with E-state index < -0.39 is 0 Å². The maximum absolute atomic E-state index is 3.39. The van der Waals surface area contributed by atoms with Crippen molar-refractivity contribution in [2.45, 2.75) is 45.2 Å². The summed E-state index contributed by atoms with van der Waals surface area (Å²) >= 11 is 2.10. The lowest BCUT2D eigenvalue weighted by Crippen LogP contribution is -2.43. The Bertz CT molecular complexity index is 394. The van der Waals surface area contributed by atoms with Crippen molar-refractivity contribution < 1.29 is 0 Å². The van der Waals surface area contributed by atoms with Crippen LogP contribution in [-0.4, -0.2) is 35.0 Å². The van der Waals surface area contributed by atoms with Gasteiger partial charge < -0.3 is 5.32 Å². The van der Waals surface area contributed by atoms with Gasteiger partial charge in [-0.3, -0.25) is 4.90 Å². The lowest BCUT2D eigenvalue weighted by atomic mass is 10.1. The molecule has 1 aromatic carbocycles. The SMILES string of the molecule is CCNCc1cccc(CN2CCSC(C)C2C)c1. The Kier molecular flexibility index (Phi) is 5.74. The van der Waals surface area contributed by atoms with Crippen LogP contribution in [0.3, 0.4) is 0 Å². The highest BCUT2D eigenvalue weighted by Gasteiger charge is 2.24. The van der Waals surface area contributed by atoms with E-state index in [9.17, 15) is 0 Å². The zero-order valence-electron chi connectivity index (χ0n) is 12.4. The Morgan fingerprint density at radius 2 is 2.11 bits per heavy atom. The van der Waals surface area contributed by atoms with Crippen molar-refractivity contribution in [1.82, 2.24) is 10.2 Å². The molecular formula is C16H26N2S. The lowest BCUT2D eigenvalue weighted by molar-refractivity contribution is 0.204. The molecule has 3 heteroatoms. The molecule has 1 saturated heterocycles. The van der Waals surface area contributed by atoms with Gasteiger partial charge in [0, 0.05) is 36.7 Å². The van der Waals surface area contributed by atoms with Gasteiger partial charge in [0.2, 0.25) is 0 Å². The molecule has 0 aromatic heterocycles. The summed E-state index contributed by atoms with van der Waals surface area (Å²) in [5.41, 5.74) is 2.84. The normalized spacial score (nSPS) is 24.6. The number of hydrogen-bond acceptors (Lipinski definition) is 3. The predicted octanol–water partition coefficient (Wildman–Crippen LogP) is 3.12. The summed E-state index contributed by atoms with van der Waals surface area (Å²) in [6.07, 6.45) is 0. The Labute approximate surface area is 122 Å². The fourth-order valence-corrected chi connectivity index (χ4v) is 3.72. The maximum atomic E-state index is 3.39. The summed E-state index contributed by atoms with van der Waals surface area (Å²) < 4.78 is 0. The molecule has 1 aliphatic rings. The smallest absolute Gasteiger partial charge is 0.0237 e. The second-order valence-electron chi connectivity index (χ2n) is 5.39. The monoisotopic (exact) mass is 278 g/mol. The number of hydrogen-bond donors (Lipinski definition) is 1. The van der Waals surface area contributed by atoms with Gasteiger partial charge in [0.05, 0.1) is 0 Å². The number of thioether (sulfide) groups is 1. The summed E-state index contributed by atoms with van der Waals surface area (Å²) in [5, 5.41) is 4.14. The number of nitrogens with zero attached hydrogens (tertiary/aromatic N) is 1. The summed E-state index contributed by atoms with van der Waals surface area (Å²) in [6, 6.07) is 9.69. The molecule has 1 aliphatic heterocycles. The van der Waals surface area contributed by atoms with Crippen LogP contribution in [0.25, 0.3) is 0 Å². The molecular weight excluding hydrogens is 252 g/mol. The predicted molar refractivity (Wildman–Crippen MR) is 85.6 cm³/mol. The summed E-state index contributed by atoms with van der Waals surface area (Å²) in [7, 11) is 0. The zero-order valence-corrected chi connectivity index (χ0v) is 13.2. The quantitative estimate of drug-likeness (QED) is 0.891. The summed E-state index contributed by atoms with van der Waals surface area (Å²) in [6.45, 7) is 11.2. The minimum absolute atomic E-state index is 0.677. The lowest BCUT2D eigenvalue weighted by Gasteiger charge is -2.37. The van der Waals surface area contributed by atoms with E-state index in [1.807, 2.05) is 0 Å². The largest absolute Gasteiger partial charge is 0.313 e. The van der Waals surface area contributed by atoms with Gasteiger partial charge >= 0.3 is 0 Å². The molecule has 19 heavy (non-hydrogen) atoms. The molecule has 2 nitrogen and oxygen atoms in total. The molecule has 0 saturated carbocycles. The highest BCUT2D eigenvalue weighted by Crippen LogP contribution is 2.25. The first kappa shape index (κ1) is 14.9. The van der Waals surface area contributed by atoms with Crippen molar-refractivity contribution in [3.63, 3.8) is 0 Å². The van der Waals surface area contributed by atoms with E-state index in [0.29, 0.717) is 6.04 Å². The Morgan fingerprint density at radius 3 is 2.89 bits per heavy atom. The standard InChI is InChI=1S/C16H26N2S/c1-4-17-11-15-6-5-7-16(10-15)12-18-8-9-19-14(3)13(18)2/h5-7,10,13-14,17H,4,8-9,11-12H2,1-3H3. The molecule has 1 heterocycles. The molecule has 0 amide bonds. The van der Waals surface area contributed by atoms with Crippen molar-refractivity contribution in [2.24, 2.45) is 0 Å². The van der Waals surface area contributed by atoms with Crippen molar-refractivity contribution in [3.05, 3.63) is 35.4 Å². The zero-order chi connectivity index (χ0) is 13.7. The second kappa shape index (κ2) is 7.32. The number of benzene rings is 1. The van der Waals surface area contributed by atoms with Crippen LogP contribution in [0, 0.1) is 0 Å². The topological polar surface area (TPSA) is 15.3 Å². The molecule has 2 rings (SSSR count). The molecule has 106 valence electrons. The Hall–Kier alpha value is -0.510. The molecule has 0 bridgehead atoms. The van der Waals surface area contributed by atoms with Gasteiger partial charge in [0.25, 0.3) is 0 Å². The van der Waals surface area contributed by atoms with Gasteiger partial charge in [-0.15, -0.1) is 0 Å². The van der Waals surface area contributed by atoms with Crippen molar-refractivity contribution >= 4 is 11.8 Å². The minimum atomic E-state index is 0.677. The highest BCUT2D eigenvalue weighted by molar-refractivity contribution is 8.00. The van der Waals surface area contributed by atoms with Gasteiger partial charge in [0.1, 0.15) is 0 Å². The van der Waals surface area contributed by atoms with E-state index in [4.69, 9.17) is 0 Å². The van der Waals surface area contributed by atoms with Crippen LogP contribution >= 0.6 is 11.8 Å². The average Bonchev–Trinajstić information content (AvgIpc) is 2.42. The van der Waals surface area contributed by atoms with Gasteiger partial charge in [-0.1, -0.05) is 38.1 Å². The maximum Gasteiger partial charge on any atom is 0.0237 e. The molecule has 1 aromatic rings. The molecule has 1 N–H and O–H groups in total. The molecule has 1 fully saturated rings. The van der Waals surface area contributed by atoms with Crippen LogP contribution in [0.2, 0.25) is 0 Å². The molecule has 2 unspecified atom stereocenters. The Morgan fingerprint density at radius 1 is 1.32 bits per heavy atom. The first-order valence-corrected chi connectivity index (χ1v) is 8.39. The van der Waals surface area contributed by atoms with Crippen molar-refractivity contribution in [2.75, 3.05) is 18.8 Å². The number of rotatable bonds is 5. The third kappa shape index (κ3) is 4.23. The van der Waals surface area contributed by atoms with E-state index in [-0.39, 0.29) is 0 Å². The molecule has 0 aliphatic carbocycles.